The molecule has 2 amide bonds. The molecule has 0 fully saturated rings. The Morgan fingerprint density at radius 1 is 1.40 bits per heavy atom. The van der Waals surface area contributed by atoms with Crippen molar-refractivity contribution in [1.29, 1.82) is 0 Å². The molecule has 1 aromatic carbocycles. The van der Waals surface area contributed by atoms with Crippen molar-refractivity contribution in [3.8, 4) is 5.75 Å². The predicted octanol–water partition coefficient (Wildman–Crippen LogP) is 1.64. The number of aromatic hydroxyl groups is 1. The normalized spacial score (nSPS) is 11.7. The monoisotopic (exact) mass is 282 g/mol. The molecular formula is C13H18N2O5. The zero-order valence-corrected chi connectivity index (χ0v) is 11.3. The van der Waals surface area contributed by atoms with Crippen LogP contribution in [0.1, 0.15) is 23.7 Å². The van der Waals surface area contributed by atoms with Gasteiger partial charge in [-0.2, -0.15) is 0 Å². The summed E-state index contributed by atoms with van der Waals surface area (Å²) in [7, 11) is 1.58. The van der Waals surface area contributed by atoms with E-state index in [0.29, 0.717) is 13.0 Å². The van der Waals surface area contributed by atoms with Crippen molar-refractivity contribution in [3.05, 3.63) is 23.8 Å². The summed E-state index contributed by atoms with van der Waals surface area (Å²) < 4.78 is 4.90. The number of ether oxygens (including phenoxy) is 1. The van der Waals surface area contributed by atoms with E-state index in [0.717, 1.165) is 0 Å². The van der Waals surface area contributed by atoms with E-state index in [-0.39, 0.29) is 23.0 Å². The van der Waals surface area contributed by atoms with E-state index < -0.39 is 12.0 Å². The third kappa shape index (κ3) is 4.77. The average Bonchev–Trinajstić information content (AvgIpc) is 2.38. The van der Waals surface area contributed by atoms with E-state index in [1.54, 1.807) is 7.11 Å². The molecule has 0 radical (unpaired) electrons. The number of benzene rings is 1. The molecule has 0 spiro atoms. The van der Waals surface area contributed by atoms with Crippen LogP contribution in [0.15, 0.2) is 18.2 Å². The molecule has 1 atom stereocenters. The first-order chi connectivity index (χ1) is 9.43. The summed E-state index contributed by atoms with van der Waals surface area (Å²) in [5.74, 6) is -1.61. The van der Waals surface area contributed by atoms with E-state index in [1.807, 2.05) is 6.92 Å². The lowest BCUT2D eigenvalue weighted by Gasteiger charge is -2.14. The van der Waals surface area contributed by atoms with Crippen LogP contribution < -0.4 is 10.6 Å². The predicted molar refractivity (Wildman–Crippen MR) is 73.2 cm³/mol. The number of rotatable bonds is 6. The minimum absolute atomic E-state index is 0.0778. The van der Waals surface area contributed by atoms with Crippen LogP contribution in [0.5, 0.6) is 5.75 Å². The highest BCUT2D eigenvalue weighted by molar-refractivity contribution is 5.95. The molecule has 20 heavy (non-hydrogen) atoms. The van der Waals surface area contributed by atoms with Gasteiger partial charge in [0, 0.05) is 25.4 Å². The Morgan fingerprint density at radius 3 is 2.70 bits per heavy atom. The summed E-state index contributed by atoms with van der Waals surface area (Å²) in [6, 6.07) is 3.30. The van der Waals surface area contributed by atoms with Crippen LogP contribution in [-0.2, 0) is 4.74 Å². The highest BCUT2D eigenvalue weighted by atomic mass is 16.5. The van der Waals surface area contributed by atoms with E-state index in [4.69, 9.17) is 9.84 Å². The third-order valence-electron chi connectivity index (χ3n) is 2.62. The summed E-state index contributed by atoms with van der Waals surface area (Å²) in [6.45, 7) is 2.36. The summed E-state index contributed by atoms with van der Waals surface area (Å²) in [6.07, 6.45) is 0.667. The molecular weight excluding hydrogens is 264 g/mol. The van der Waals surface area contributed by atoms with Crippen molar-refractivity contribution in [2.75, 3.05) is 19.0 Å². The fourth-order valence-corrected chi connectivity index (χ4v) is 1.54. The molecule has 110 valence electrons. The maximum Gasteiger partial charge on any atom is 0.339 e. The van der Waals surface area contributed by atoms with Gasteiger partial charge in [-0.15, -0.1) is 0 Å². The zero-order chi connectivity index (χ0) is 15.1. The van der Waals surface area contributed by atoms with Crippen LogP contribution in [0.2, 0.25) is 0 Å². The molecule has 0 aliphatic carbocycles. The van der Waals surface area contributed by atoms with Gasteiger partial charge < -0.3 is 25.6 Å². The van der Waals surface area contributed by atoms with Crippen LogP contribution in [-0.4, -0.2) is 42.0 Å². The molecule has 0 heterocycles. The van der Waals surface area contributed by atoms with Crippen molar-refractivity contribution in [2.24, 2.45) is 0 Å². The van der Waals surface area contributed by atoms with Gasteiger partial charge in [0.05, 0.1) is 0 Å². The Morgan fingerprint density at radius 2 is 2.10 bits per heavy atom. The first kappa shape index (κ1) is 15.8. The summed E-state index contributed by atoms with van der Waals surface area (Å²) >= 11 is 0. The minimum atomic E-state index is -1.26. The number of carboxylic acid groups (broad SMARTS) is 1. The summed E-state index contributed by atoms with van der Waals surface area (Å²) in [4.78, 5) is 22.5. The third-order valence-corrected chi connectivity index (χ3v) is 2.62. The van der Waals surface area contributed by atoms with Gasteiger partial charge >= 0.3 is 12.0 Å². The second-order valence-electron chi connectivity index (χ2n) is 4.32. The molecule has 0 saturated heterocycles. The second kappa shape index (κ2) is 7.34. The maximum absolute atomic E-state index is 11.7. The first-order valence-corrected chi connectivity index (χ1v) is 6.06. The van der Waals surface area contributed by atoms with Crippen molar-refractivity contribution in [3.63, 3.8) is 0 Å². The number of phenols is 1. The lowest BCUT2D eigenvalue weighted by molar-refractivity contribution is 0.0693. The number of methoxy groups -OCH3 is 1. The van der Waals surface area contributed by atoms with Crippen LogP contribution >= 0.6 is 0 Å². The SMILES string of the molecule is COCCC(C)NC(=O)Nc1ccc(O)c(C(=O)O)c1. The van der Waals surface area contributed by atoms with Gasteiger partial charge in [-0.25, -0.2) is 9.59 Å². The van der Waals surface area contributed by atoms with Gasteiger partial charge in [0.1, 0.15) is 11.3 Å². The first-order valence-electron chi connectivity index (χ1n) is 6.06. The highest BCUT2D eigenvalue weighted by Crippen LogP contribution is 2.21. The number of nitrogens with one attached hydrogen (secondary N) is 2. The Bertz CT molecular complexity index is 490. The molecule has 0 saturated carbocycles. The van der Waals surface area contributed by atoms with Crippen molar-refractivity contribution in [1.82, 2.24) is 5.32 Å². The average molecular weight is 282 g/mol. The van der Waals surface area contributed by atoms with Gasteiger partial charge in [-0.3, -0.25) is 0 Å². The maximum atomic E-state index is 11.7. The number of hydrogen-bond donors (Lipinski definition) is 4. The summed E-state index contributed by atoms with van der Waals surface area (Å²) in [5.41, 5.74) is 0.0203. The van der Waals surface area contributed by atoms with Crippen molar-refractivity contribution < 1.29 is 24.5 Å². The quantitative estimate of drug-likeness (QED) is 0.593. The molecule has 7 nitrogen and oxygen atoms in total. The van der Waals surface area contributed by atoms with E-state index in [1.165, 1.54) is 18.2 Å². The topological polar surface area (TPSA) is 108 Å². The fraction of sp³-hybridized carbons (Fsp3) is 0.385. The Hall–Kier alpha value is -2.28. The molecule has 0 aliphatic heterocycles. The molecule has 1 unspecified atom stereocenters. The number of hydrogen-bond acceptors (Lipinski definition) is 4. The molecule has 0 aromatic heterocycles. The smallest absolute Gasteiger partial charge is 0.339 e. The zero-order valence-electron chi connectivity index (χ0n) is 11.3. The van der Waals surface area contributed by atoms with Gasteiger partial charge in [0.15, 0.2) is 0 Å². The molecule has 1 rings (SSSR count). The van der Waals surface area contributed by atoms with Gasteiger partial charge in [-0.1, -0.05) is 0 Å². The lowest BCUT2D eigenvalue weighted by atomic mass is 10.2. The Kier molecular flexibility index (Phi) is 5.79. The number of carboxylic acids is 1. The molecule has 1 aromatic rings. The van der Waals surface area contributed by atoms with Crippen molar-refractivity contribution in [2.45, 2.75) is 19.4 Å². The van der Waals surface area contributed by atoms with Gasteiger partial charge in [-0.05, 0) is 31.5 Å². The van der Waals surface area contributed by atoms with Crippen LogP contribution in [0.3, 0.4) is 0 Å². The minimum Gasteiger partial charge on any atom is -0.507 e. The van der Waals surface area contributed by atoms with E-state index in [2.05, 4.69) is 10.6 Å². The van der Waals surface area contributed by atoms with E-state index >= 15 is 0 Å². The number of aromatic carboxylic acids is 1. The molecule has 0 bridgehead atoms. The number of anilines is 1. The number of carbonyl (C=O) groups is 2. The summed E-state index contributed by atoms with van der Waals surface area (Å²) in [5, 5.41) is 23.4. The van der Waals surface area contributed by atoms with Crippen molar-refractivity contribution >= 4 is 17.7 Å². The number of urea groups is 1. The fourth-order valence-electron chi connectivity index (χ4n) is 1.54. The van der Waals surface area contributed by atoms with Crippen LogP contribution in [0.25, 0.3) is 0 Å². The number of carbonyl (C=O) groups excluding carboxylic acids is 1. The van der Waals surface area contributed by atoms with Crippen LogP contribution in [0.4, 0.5) is 10.5 Å². The standard InChI is InChI=1S/C13H18N2O5/c1-8(5-6-20-2)14-13(19)15-9-3-4-11(16)10(7-9)12(17)18/h3-4,7-8,16H,5-6H2,1-2H3,(H,17,18)(H2,14,15,19). The van der Waals surface area contributed by atoms with Crippen LogP contribution in [0, 0.1) is 0 Å². The Balaban J connectivity index is 2.62. The van der Waals surface area contributed by atoms with E-state index in [9.17, 15) is 14.7 Å². The van der Waals surface area contributed by atoms with Gasteiger partial charge in [0.2, 0.25) is 0 Å². The lowest BCUT2D eigenvalue weighted by Crippen LogP contribution is -2.36. The molecule has 7 heteroatoms. The highest BCUT2D eigenvalue weighted by Gasteiger charge is 2.12. The number of amides is 2. The largest absolute Gasteiger partial charge is 0.507 e. The van der Waals surface area contributed by atoms with Gasteiger partial charge in [0.25, 0.3) is 0 Å². The second-order valence-corrected chi connectivity index (χ2v) is 4.32. The Labute approximate surface area is 116 Å². The molecule has 0 aliphatic rings. The molecule has 4 N–H and O–H groups in total.